The summed E-state index contributed by atoms with van der Waals surface area (Å²) in [6.07, 6.45) is 3.77. The lowest BCUT2D eigenvalue weighted by Crippen LogP contribution is -2.27. The van der Waals surface area contributed by atoms with Crippen LogP contribution in [-0.4, -0.2) is 13.1 Å². The molecule has 0 bridgehead atoms. The van der Waals surface area contributed by atoms with Gasteiger partial charge in [0.2, 0.25) is 0 Å². The zero-order chi connectivity index (χ0) is 10.7. The molecule has 0 amide bonds. The van der Waals surface area contributed by atoms with Crippen LogP contribution in [0.3, 0.4) is 0 Å². The molecule has 1 heteroatoms. The Kier molecular flexibility index (Phi) is 3.42. The molecule has 0 unspecified atom stereocenters. The average Bonchev–Trinajstić information content (AvgIpc) is 2.30. The first kappa shape index (κ1) is 10.7. The highest BCUT2D eigenvalue weighted by atomic mass is 14.9. The van der Waals surface area contributed by atoms with Crippen LogP contribution < -0.4 is 5.32 Å². The third-order valence-electron chi connectivity index (χ3n) is 3.46. The first-order chi connectivity index (χ1) is 7.31. The van der Waals surface area contributed by atoms with E-state index in [0.29, 0.717) is 0 Å². The molecule has 0 aromatic heterocycles. The summed E-state index contributed by atoms with van der Waals surface area (Å²) in [5.41, 5.74) is 4.56. The van der Waals surface area contributed by atoms with E-state index in [2.05, 4.69) is 37.4 Å². The minimum Gasteiger partial charge on any atom is -0.317 e. The second-order valence-corrected chi connectivity index (χ2v) is 4.58. The van der Waals surface area contributed by atoms with E-state index in [-0.39, 0.29) is 0 Å². The van der Waals surface area contributed by atoms with Crippen LogP contribution in [0, 0.1) is 6.92 Å². The maximum absolute atomic E-state index is 3.44. The van der Waals surface area contributed by atoms with Crippen molar-refractivity contribution in [3.63, 3.8) is 0 Å². The van der Waals surface area contributed by atoms with E-state index in [4.69, 9.17) is 0 Å². The van der Waals surface area contributed by atoms with E-state index >= 15 is 0 Å². The van der Waals surface area contributed by atoms with Gasteiger partial charge < -0.3 is 5.32 Å². The van der Waals surface area contributed by atoms with Gasteiger partial charge in [0.05, 0.1) is 0 Å². The van der Waals surface area contributed by atoms with Crippen molar-refractivity contribution in [2.24, 2.45) is 0 Å². The van der Waals surface area contributed by atoms with Gasteiger partial charge in [-0.1, -0.05) is 30.7 Å². The second kappa shape index (κ2) is 4.80. The smallest absolute Gasteiger partial charge is 0.00431 e. The van der Waals surface area contributed by atoms with Crippen LogP contribution in [0.5, 0.6) is 0 Å². The van der Waals surface area contributed by atoms with Crippen LogP contribution in [0.1, 0.15) is 42.4 Å². The molecule has 1 aromatic rings. The lowest BCUT2D eigenvalue weighted by Gasteiger charge is -2.25. The molecule has 0 saturated carbocycles. The molecular weight excluding hydrogens is 182 g/mol. The predicted octanol–water partition coefficient (Wildman–Crippen LogP) is 3.02. The summed E-state index contributed by atoms with van der Waals surface area (Å²) in [7, 11) is 0. The molecule has 1 aliphatic rings. The van der Waals surface area contributed by atoms with E-state index in [1.54, 1.807) is 11.1 Å². The fourth-order valence-electron chi connectivity index (χ4n) is 2.55. The Balaban J connectivity index is 2.27. The number of piperidine rings is 1. The fourth-order valence-corrected chi connectivity index (χ4v) is 2.55. The highest BCUT2D eigenvalue weighted by molar-refractivity contribution is 5.34. The van der Waals surface area contributed by atoms with Crippen molar-refractivity contribution in [1.29, 1.82) is 0 Å². The molecule has 0 aliphatic carbocycles. The van der Waals surface area contributed by atoms with Crippen LogP contribution in [0.15, 0.2) is 18.2 Å². The van der Waals surface area contributed by atoms with Crippen molar-refractivity contribution in [3.8, 4) is 0 Å². The number of rotatable bonds is 2. The molecule has 1 aromatic carbocycles. The van der Waals surface area contributed by atoms with Gasteiger partial charge in [0, 0.05) is 0 Å². The van der Waals surface area contributed by atoms with E-state index in [0.717, 1.165) is 5.92 Å². The Bertz CT molecular complexity index is 324. The number of hydrogen-bond donors (Lipinski definition) is 1. The summed E-state index contributed by atoms with van der Waals surface area (Å²) in [5.74, 6) is 0.793. The molecule has 1 aliphatic heterocycles. The molecule has 1 saturated heterocycles. The maximum Gasteiger partial charge on any atom is -0.00431 e. The number of hydrogen-bond acceptors (Lipinski definition) is 1. The quantitative estimate of drug-likeness (QED) is 0.779. The van der Waals surface area contributed by atoms with Gasteiger partial charge in [0.1, 0.15) is 0 Å². The Morgan fingerprint density at radius 1 is 1.27 bits per heavy atom. The molecule has 15 heavy (non-hydrogen) atoms. The number of benzene rings is 1. The molecule has 1 nitrogen and oxygen atoms in total. The molecule has 2 rings (SSSR count). The van der Waals surface area contributed by atoms with Crippen LogP contribution >= 0.6 is 0 Å². The normalized spacial score (nSPS) is 18.0. The lowest BCUT2D eigenvalue weighted by molar-refractivity contribution is 0.458. The minimum atomic E-state index is 0.793. The summed E-state index contributed by atoms with van der Waals surface area (Å²) >= 11 is 0. The first-order valence-corrected chi connectivity index (χ1v) is 6.11. The Morgan fingerprint density at radius 2 is 2.00 bits per heavy atom. The van der Waals surface area contributed by atoms with Crippen molar-refractivity contribution in [2.75, 3.05) is 13.1 Å². The second-order valence-electron chi connectivity index (χ2n) is 4.58. The molecule has 1 N–H and O–H groups in total. The molecule has 0 spiro atoms. The van der Waals surface area contributed by atoms with Crippen molar-refractivity contribution < 1.29 is 0 Å². The Labute approximate surface area is 92.9 Å². The maximum atomic E-state index is 3.44. The summed E-state index contributed by atoms with van der Waals surface area (Å²) in [6.45, 7) is 6.82. The van der Waals surface area contributed by atoms with Gasteiger partial charge in [-0.3, -0.25) is 0 Å². The third-order valence-corrected chi connectivity index (χ3v) is 3.46. The van der Waals surface area contributed by atoms with Crippen LogP contribution in [0.2, 0.25) is 0 Å². The first-order valence-electron chi connectivity index (χ1n) is 6.11. The lowest BCUT2D eigenvalue weighted by atomic mass is 9.85. The zero-order valence-electron chi connectivity index (χ0n) is 9.84. The molecule has 0 radical (unpaired) electrons. The largest absolute Gasteiger partial charge is 0.317 e. The van der Waals surface area contributed by atoms with Crippen molar-refractivity contribution in [1.82, 2.24) is 5.32 Å². The summed E-state index contributed by atoms with van der Waals surface area (Å²) in [6, 6.07) is 6.95. The van der Waals surface area contributed by atoms with Gasteiger partial charge in [-0.15, -0.1) is 0 Å². The SMILES string of the molecule is CCc1ccc(C)cc1C1CCNCC1. The summed E-state index contributed by atoms with van der Waals surface area (Å²) in [5, 5.41) is 3.44. The molecular formula is C14H21N. The third kappa shape index (κ3) is 2.40. The predicted molar refractivity (Wildman–Crippen MR) is 65.4 cm³/mol. The standard InChI is InChI=1S/C14H21N/c1-3-12-5-4-11(2)10-14(12)13-6-8-15-9-7-13/h4-5,10,13,15H,3,6-9H2,1-2H3. The minimum absolute atomic E-state index is 0.793. The topological polar surface area (TPSA) is 12.0 Å². The summed E-state index contributed by atoms with van der Waals surface area (Å²) in [4.78, 5) is 0. The fraction of sp³-hybridized carbons (Fsp3) is 0.571. The Hall–Kier alpha value is -0.820. The van der Waals surface area contributed by atoms with Crippen LogP contribution in [0.4, 0.5) is 0 Å². The highest BCUT2D eigenvalue weighted by Gasteiger charge is 2.17. The van der Waals surface area contributed by atoms with Gasteiger partial charge >= 0.3 is 0 Å². The van der Waals surface area contributed by atoms with Crippen molar-refractivity contribution >= 4 is 0 Å². The average molecular weight is 203 g/mol. The van der Waals surface area contributed by atoms with Gasteiger partial charge in [0.15, 0.2) is 0 Å². The van der Waals surface area contributed by atoms with Crippen molar-refractivity contribution in [2.45, 2.75) is 39.0 Å². The number of aryl methyl sites for hydroxylation is 2. The van der Waals surface area contributed by atoms with Gasteiger partial charge in [-0.05, 0) is 56.3 Å². The highest BCUT2D eigenvalue weighted by Crippen LogP contribution is 2.29. The van der Waals surface area contributed by atoms with Gasteiger partial charge in [0.25, 0.3) is 0 Å². The van der Waals surface area contributed by atoms with E-state index < -0.39 is 0 Å². The van der Waals surface area contributed by atoms with Gasteiger partial charge in [-0.25, -0.2) is 0 Å². The van der Waals surface area contributed by atoms with Crippen LogP contribution in [0.25, 0.3) is 0 Å². The molecule has 82 valence electrons. The van der Waals surface area contributed by atoms with E-state index in [1.165, 1.54) is 37.9 Å². The molecule has 0 atom stereocenters. The van der Waals surface area contributed by atoms with Gasteiger partial charge in [-0.2, -0.15) is 0 Å². The zero-order valence-corrected chi connectivity index (χ0v) is 9.84. The monoisotopic (exact) mass is 203 g/mol. The van der Waals surface area contributed by atoms with Crippen molar-refractivity contribution in [3.05, 3.63) is 34.9 Å². The summed E-state index contributed by atoms with van der Waals surface area (Å²) < 4.78 is 0. The van der Waals surface area contributed by atoms with E-state index in [9.17, 15) is 0 Å². The molecule has 1 fully saturated rings. The Morgan fingerprint density at radius 3 is 2.67 bits per heavy atom. The van der Waals surface area contributed by atoms with Crippen LogP contribution in [-0.2, 0) is 6.42 Å². The molecule has 1 heterocycles. The van der Waals surface area contributed by atoms with E-state index in [1.807, 2.05) is 0 Å². The number of nitrogens with one attached hydrogen (secondary N) is 1.